The van der Waals surface area contributed by atoms with Crippen molar-refractivity contribution in [2.75, 3.05) is 16.9 Å². The molecule has 0 unspecified atom stereocenters. The van der Waals surface area contributed by atoms with E-state index >= 15 is 0 Å². The van der Waals surface area contributed by atoms with Crippen molar-refractivity contribution in [2.45, 2.75) is 17.5 Å². The molecule has 4 heterocycles. The summed E-state index contributed by atoms with van der Waals surface area (Å²) in [6, 6.07) is 15.1. The van der Waals surface area contributed by atoms with Crippen LogP contribution in [0, 0.1) is 21.8 Å². The van der Waals surface area contributed by atoms with Gasteiger partial charge in [-0.2, -0.15) is 0 Å². The lowest BCUT2D eigenvalue weighted by molar-refractivity contribution is -0.384. The van der Waals surface area contributed by atoms with Crippen molar-refractivity contribution in [3.05, 3.63) is 99.6 Å². The Morgan fingerprint density at radius 3 is 2.83 bits per heavy atom. The number of amides is 1. The summed E-state index contributed by atoms with van der Waals surface area (Å²) in [6.45, 7) is 0. The molecule has 1 aromatic heterocycles. The van der Waals surface area contributed by atoms with E-state index in [9.17, 15) is 24.1 Å². The fraction of sp³-hybridized carbons (Fsp3) is 0.240. The maximum Gasteiger partial charge on any atom is 0.269 e. The molecular formula is C25H19FN4O4S. The Morgan fingerprint density at radius 1 is 1.20 bits per heavy atom. The van der Waals surface area contributed by atoms with E-state index in [1.165, 1.54) is 36.5 Å². The highest BCUT2D eigenvalue weighted by Crippen LogP contribution is 2.61. The van der Waals surface area contributed by atoms with E-state index in [2.05, 4.69) is 10.3 Å². The molecule has 1 amide bonds. The molecule has 1 N–H and O–H groups in total. The number of carbonyl (C=O) groups excluding carboxylic acids is 2. The van der Waals surface area contributed by atoms with E-state index in [-0.39, 0.29) is 23.2 Å². The van der Waals surface area contributed by atoms with Gasteiger partial charge in [-0.25, -0.2) is 4.39 Å². The number of aromatic nitrogens is 1. The fourth-order valence-corrected chi connectivity index (χ4v) is 7.26. The first-order valence-corrected chi connectivity index (χ1v) is 12.2. The van der Waals surface area contributed by atoms with Gasteiger partial charge < -0.3 is 5.32 Å². The van der Waals surface area contributed by atoms with Crippen molar-refractivity contribution >= 4 is 34.8 Å². The number of thioether (sulfide) groups is 1. The smallest absolute Gasteiger partial charge is 0.269 e. The summed E-state index contributed by atoms with van der Waals surface area (Å²) in [5, 5.41) is 14.4. The number of nitrogens with zero attached hydrogens (tertiary/aromatic N) is 3. The zero-order valence-corrected chi connectivity index (χ0v) is 19.1. The monoisotopic (exact) mass is 490 g/mol. The third-order valence-electron chi connectivity index (χ3n) is 7.25. The zero-order chi connectivity index (χ0) is 24.3. The molecule has 0 bridgehead atoms. The van der Waals surface area contributed by atoms with Crippen LogP contribution < -0.4 is 5.32 Å². The first kappa shape index (κ1) is 21.9. The van der Waals surface area contributed by atoms with Gasteiger partial charge in [-0.05, 0) is 35.9 Å². The van der Waals surface area contributed by atoms with Crippen LogP contribution in [0.4, 0.5) is 15.8 Å². The minimum Gasteiger partial charge on any atom is -0.324 e. The van der Waals surface area contributed by atoms with E-state index in [0.717, 1.165) is 0 Å². The number of rotatable bonds is 4. The van der Waals surface area contributed by atoms with Crippen molar-refractivity contribution < 1.29 is 18.9 Å². The average Bonchev–Trinajstić information content (AvgIpc) is 3.52. The van der Waals surface area contributed by atoms with Crippen LogP contribution in [-0.2, 0) is 10.3 Å². The Bertz CT molecular complexity index is 1390. The van der Waals surface area contributed by atoms with Gasteiger partial charge in [0.2, 0.25) is 5.91 Å². The molecule has 4 atom stereocenters. The van der Waals surface area contributed by atoms with Crippen molar-refractivity contribution in [3.8, 4) is 0 Å². The Hall–Kier alpha value is -3.63. The Labute approximate surface area is 203 Å². The number of halogens is 1. The van der Waals surface area contributed by atoms with E-state index in [1.54, 1.807) is 42.1 Å². The molecule has 0 saturated carbocycles. The minimum absolute atomic E-state index is 0.0907. The molecule has 3 aliphatic heterocycles. The molecule has 35 heavy (non-hydrogen) atoms. The highest BCUT2D eigenvalue weighted by Gasteiger charge is 2.69. The summed E-state index contributed by atoms with van der Waals surface area (Å²) in [6.07, 6.45) is 1.51. The average molecular weight is 491 g/mol. The number of non-ortho nitro benzene ring substituents is 1. The molecule has 2 aromatic carbocycles. The summed E-state index contributed by atoms with van der Waals surface area (Å²) in [7, 11) is 0. The second kappa shape index (κ2) is 7.96. The van der Waals surface area contributed by atoms with Crippen molar-refractivity contribution in [2.24, 2.45) is 5.92 Å². The lowest BCUT2D eigenvalue weighted by Crippen LogP contribution is -2.52. The molecule has 10 heteroatoms. The van der Waals surface area contributed by atoms with Crippen LogP contribution >= 0.6 is 11.8 Å². The predicted molar refractivity (Wildman–Crippen MR) is 128 cm³/mol. The molecule has 176 valence electrons. The Kier molecular flexibility index (Phi) is 4.97. The number of benzene rings is 2. The van der Waals surface area contributed by atoms with Gasteiger partial charge in [0.05, 0.1) is 10.8 Å². The summed E-state index contributed by atoms with van der Waals surface area (Å²) in [5.41, 5.74) is 0.115. The number of pyridine rings is 1. The largest absolute Gasteiger partial charge is 0.324 e. The van der Waals surface area contributed by atoms with Crippen molar-refractivity contribution in [1.82, 2.24) is 9.88 Å². The highest BCUT2D eigenvalue weighted by atomic mass is 32.2. The summed E-state index contributed by atoms with van der Waals surface area (Å²) in [4.78, 5) is 45.3. The number of hydrogen-bond acceptors (Lipinski definition) is 7. The number of nitro benzene ring substituents is 1. The standard InChI is InChI=1S/C25H19FN4O4S/c26-15-7-8-18-17(11-15)25(24(32)28-18)22(23(31)19-6-1-2-9-27-19)21(20-12-35-13-29(20)25)14-4-3-5-16(10-14)30(33)34/h1-11,20-22H,12-13H2,(H,28,32)/t20-,21+,22-,25-/m1/s1. The quantitative estimate of drug-likeness (QED) is 0.335. The van der Waals surface area contributed by atoms with Crippen molar-refractivity contribution in [1.29, 1.82) is 0 Å². The van der Waals surface area contributed by atoms with Crippen LogP contribution in [0.5, 0.6) is 0 Å². The molecule has 6 rings (SSSR count). The predicted octanol–water partition coefficient (Wildman–Crippen LogP) is 3.95. The summed E-state index contributed by atoms with van der Waals surface area (Å²) in [5.74, 6) is -1.68. The lowest BCUT2D eigenvalue weighted by atomic mass is 9.70. The lowest BCUT2D eigenvalue weighted by Gasteiger charge is -2.36. The van der Waals surface area contributed by atoms with E-state index in [4.69, 9.17) is 0 Å². The van der Waals surface area contributed by atoms with Gasteiger partial charge in [0.15, 0.2) is 5.78 Å². The number of ketones is 1. The third kappa shape index (κ3) is 3.06. The van der Waals surface area contributed by atoms with Gasteiger partial charge in [-0.3, -0.25) is 29.6 Å². The molecule has 8 nitrogen and oxygen atoms in total. The number of hydrogen-bond donors (Lipinski definition) is 1. The molecule has 2 fully saturated rings. The van der Waals surface area contributed by atoms with Crippen LogP contribution in [0.3, 0.4) is 0 Å². The van der Waals surface area contributed by atoms with Gasteiger partial charge in [-0.1, -0.05) is 18.2 Å². The number of anilines is 1. The number of carbonyl (C=O) groups is 2. The Balaban J connectivity index is 1.63. The van der Waals surface area contributed by atoms with E-state index in [0.29, 0.717) is 28.4 Å². The molecular weight excluding hydrogens is 471 g/mol. The normalized spacial score (nSPS) is 27.0. The van der Waals surface area contributed by atoms with Gasteiger partial charge in [0.25, 0.3) is 5.69 Å². The molecule has 3 aliphatic rings. The molecule has 0 aliphatic carbocycles. The van der Waals surface area contributed by atoms with Gasteiger partial charge >= 0.3 is 0 Å². The minimum atomic E-state index is -1.46. The van der Waals surface area contributed by atoms with Gasteiger partial charge in [0, 0.05) is 53.2 Å². The molecule has 1 spiro atoms. The maximum absolute atomic E-state index is 14.5. The molecule has 0 radical (unpaired) electrons. The number of fused-ring (bicyclic) bond motifs is 4. The van der Waals surface area contributed by atoms with Crippen molar-refractivity contribution in [3.63, 3.8) is 0 Å². The number of nitrogens with one attached hydrogen (secondary N) is 1. The van der Waals surface area contributed by atoms with Crippen LogP contribution in [0.2, 0.25) is 0 Å². The highest BCUT2D eigenvalue weighted by molar-refractivity contribution is 7.99. The van der Waals surface area contributed by atoms with Crippen LogP contribution in [0.1, 0.15) is 27.5 Å². The second-order valence-corrected chi connectivity index (χ2v) is 9.88. The maximum atomic E-state index is 14.5. The fourth-order valence-electron chi connectivity index (χ4n) is 5.93. The zero-order valence-electron chi connectivity index (χ0n) is 18.3. The number of Topliss-reactive ketones (excluding diaryl/α,β-unsaturated/α-hetero) is 1. The third-order valence-corrected chi connectivity index (χ3v) is 8.29. The van der Waals surface area contributed by atoms with Crippen LogP contribution in [0.25, 0.3) is 0 Å². The topological polar surface area (TPSA) is 105 Å². The van der Waals surface area contributed by atoms with Gasteiger partial charge in [-0.15, -0.1) is 11.8 Å². The summed E-state index contributed by atoms with van der Waals surface area (Å²) >= 11 is 1.62. The van der Waals surface area contributed by atoms with E-state index in [1.807, 2.05) is 4.90 Å². The molecule has 3 aromatic rings. The number of nitro groups is 1. The van der Waals surface area contributed by atoms with E-state index < -0.39 is 34.0 Å². The van der Waals surface area contributed by atoms with Crippen LogP contribution in [-0.4, -0.2) is 44.2 Å². The molecule has 2 saturated heterocycles. The first-order chi connectivity index (χ1) is 16.9. The Morgan fingerprint density at radius 2 is 2.06 bits per heavy atom. The first-order valence-electron chi connectivity index (χ1n) is 11.1. The summed E-state index contributed by atoms with van der Waals surface area (Å²) < 4.78 is 14.5. The van der Waals surface area contributed by atoms with Crippen LogP contribution in [0.15, 0.2) is 66.9 Å². The SMILES string of the molecule is O=C(c1ccccn1)[C@H]1[C@@H](c2cccc([N+](=O)[O-])c2)[C@H]2CSCN2[C@@]12C(=O)Nc1ccc(F)cc12. The van der Waals surface area contributed by atoms with Gasteiger partial charge in [0.1, 0.15) is 17.1 Å². The second-order valence-electron chi connectivity index (χ2n) is 8.88.